The van der Waals surface area contributed by atoms with E-state index in [4.69, 9.17) is 5.10 Å². The van der Waals surface area contributed by atoms with Gasteiger partial charge in [0.05, 0.1) is 11.4 Å². The molecular formula is C21H31N5. The molecule has 2 aromatic rings. The zero-order valence-corrected chi connectivity index (χ0v) is 15.9. The molecule has 1 atom stereocenters. The number of hydrogen-bond acceptors (Lipinski definition) is 4. The minimum Gasteiger partial charge on any atom is -0.311 e. The number of likely N-dealkylation sites (tertiary alicyclic amines) is 1. The molecule has 0 spiro atoms. The third kappa shape index (κ3) is 4.53. The van der Waals surface area contributed by atoms with Crippen LogP contribution in [-0.2, 0) is 26.2 Å². The van der Waals surface area contributed by atoms with Crippen LogP contribution in [0, 0.1) is 5.92 Å². The van der Waals surface area contributed by atoms with Crippen molar-refractivity contribution in [1.29, 1.82) is 0 Å². The molecule has 3 heterocycles. The summed E-state index contributed by atoms with van der Waals surface area (Å²) in [6.45, 7) is 8.72. The summed E-state index contributed by atoms with van der Waals surface area (Å²) in [7, 11) is 2.24. The van der Waals surface area contributed by atoms with Gasteiger partial charge in [0.2, 0.25) is 0 Å². The molecule has 1 saturated heterocycles. The lowest BCUT2D eigenvalue weighted by Gasteiger charge is -2.21. The Morgan fingerprint density at radius 3 is 3.00 bits per heavy atom. The maximum atomic E-state index is 4.82. The fourth-order valence-corrected chi connectivity index (χ4v) is 4.33. The number of aryl methyl sites for hydroxylation is 1. The first-order valence-corrected chi connectivity index (χ1v) is 9.97. The smallest absolute Gasteiger partial charge is 0.0768 e. The summed E-state index contributed by atoms with van der Waals surface area (Å²) in [6, 6.07) is 13.1. The van der Waals surface area contributed by atoms with Crippen LogP contribution in [0.1, 0.15) is 29.8 Å². The van der Waals surface area contributed by atoms with Crippen molar-refractivity contribution in [2.45, 2.75) is 39.0 Å². The van der Waals surface area contributed by atoms with E-state index in [-0.39, 0.29) is 0 Å². The Bertz CT molecular complexity index is 672. The minimum absolute atomic E-state index is 0.769. The van der Waals surface area contributed by atoms with Crippen LogP contribution in [0.2, 0.25) is 0 Å². The van der Waals surface area contributed by atoms with Crippen molar-refractivity contribution in [3.8, 4) is 0 Å². The van der Waals surface area contributed by atoms with Gasteiger partial charge in [-0.1, -0.05) is 30.3 Å². The van der Waals surface area contributed by atoms with Crippen molar-refractivity contribution in [2.24, 2.45) is 5.92 Å². The van der Waals surface area contributed by atoms with Crippen molar-refractivity contribution < 1.29 is 0 Å². The van der Waals surface area contributed by atoms with Gasteiger partial charge in [0.15, 0.2) is 0 Å². The number of nitrogens with zero attached hydrogens (tertiary/aromatic N) is 4. The molecule has 0 aliphatic carbocycles. The first-order chi connectivity index (χ1) is 12.8. The highest BCUT2D eigenvalue weighted by molar-refractivity contribution is 5.14. The highest BCUT2D eigenvalue weighted by Crippen LogP contribution is 2.20. The molecule has 0 bridgehead atoms. The molecule has 26 heavy (non-hydrogen) atoms. The van der Waals surface area contributed by atoms with Gasteiger partial charge in [-0.15, -0.1) is 0 Å². The first kappa shape index (κ1) is 17.7. The zero-order chi connectivity index (χ0) is 17.8. The molecule has 0 saturated carbocycles. The van der Waals surface area contributed by atoms with Gasteiger partial charge in [-0.3, -0.25) is 9.58 Å². The van der Waals surface area contributed by atoms with E-state index in [9.17, 15) is 0 Å². The van der Waals surface area contributed by atoms with Crippen LogP contribution in [0.15, 0.2) is 36.4 Å². The molecule has 1 fully saturated rings. The quantitative estimate of drug-likeness (QED) is 0.865. The van der Waals surface area contributed by atoms with E-state index in [1.165, 1.54) is 42.9 Å². The molecule has 2 aliphatic rings. The third-order valence-corrected chi connectivity index (χ3v) is 5.56. The average molecular weight is 354 g/mol. The molecule has 4 rings (SSSR count). The molecule has 1 unspecified atom stereocenters. The standard InChI is InChI=1S/C21H31N5/c1-24(17-20-12-21-13-22-9-5-10-26(21)23-20)14-19-8-11-25(16-19)15-18-6-3-2-4-7-18/h2-4,6-7,12,19,22H,5,8-11,13-17H2,1H3. The predicted molar refractivity (Wildman–Crippen MR) is 105 cm³/mol. The monoisotopic (exact) mass is 353 g/mol. The SMILES string of the molecule is CN(Cc1cc2n(n1)CCCNC2)CC1CCN(Cc2ccccc2)C1. The normalized spacial score (nSPS) is 21.1. The molecule has 140 valence electrons. The van der Waals surface area contributed by atoms with Crippen LogP contribution < -0.4 is 5.32 Å². The highest BCUT2D eigenvalue weighted by Gasteiger charge is 2.24. The number of nitrogens with one attached hydrogen (secondary N) is 1. The molecule has 1 N–H and O–H groups in total. The Balaban J connectivity index is 1.25. The molecule has 0 radical (unpaired) electrons. The summed E-state index contributed by atoms with van der Waals surface area (Å²) < 4.78 is 2.19. The third-order valence-electron chi connectivity index (χ3n) is 5.56. The minimum atomic E-state index is 0.769. The molecule has 0 amide bonds. The number of fused-ring (bicyclic) bond motifs is 1. The van der Waals surface area contributed by atoms with Gasteiger partial charge < -0.3 is 10.2 Å². The van der Waals surface area contributed by atoms with Gasteiger partial charge >= 0.3 is 0 Å². The largest absolute Gasteiger partial charge is 0.311 e. The molecule has 1 aromatic carbocycles. The summed E-state index contributed by atoms with van der Waals surface area (Å²) in [5.41, 5.74) is 3.97. The molecule has 1 aromatic heterocycles. The summed E-state index contributed by atoms with van der Waals surface area (Å²) in [5, 5.41) is 8.29. The number of hydrogen-bond donors (Lipinski definition) is 1. The van der Waals surface area contributed by atoms with Crippen molar-refractivity contribution in [1.82, 2.24) is 24.9 Å². The second-order valence-corrected chi connectivity index (χ2v) is 7.95. The van der Waals surface area contributed by atoms with Crippen molar-refractivity contribution in [3.05, 3.63) is 53.3 Å². The first-order valence-electron chi connectivity index (χ1n) is 9.97. The van der Waals surface area contributed by atoms with E-state index in [0.29, 0.717) is 0 Å². The van der Waals surface area contributed by atoms with E-state index in [1.54, 1.807) is 0 Å². The Morgan fingerprint density at radius 1 is 1.23 bits per heavy atom. The van der Waals surface area contributed by atoms with E-state index >= 15 is 0 Å². The van der Waals surface area contributed by atoms with Crippen LogP contribution in [0.3, 0.4) is 0 Å². The van der Waals surface area contributed by atoms with Gasteiger partial charge in [0.1, 0.15) is 0 Å². The number of rotatable bonds is 6. The predicted octanol–water partition coefficient (Wildman–Crippen LogP) is 2.33. The maximum Gasteiger partial charge on any atom is 0.0768 e. The summed E-state index contributed by atoms with van der Waals surface area (Å²) in [6.07, 6.45) is 2.48. The maximum absolute atomic E-state index is 4.82. The van der Waals surface area contributed by atoms with Crippen LogP contribution in [-0.4, -0.2) is 52.8 Å². The fraction of sp³-hybridized carbons (Fsp3) is 0.571. The molecule has 2 aliphatic heterocycles. The lowest BCUT2D eigenvalue weighted by atomic mass is 10.1. The zero-order valence-electron chi connectivity index (χ0n) is 15.9. The van der Waals surface area contributed by atoms with Crippen molar-refractivity contribution in [3.63, 3.8) is 0 Å². The summed E-state index contributed by atoms with van der Waals surface area (Å²) >= 11 is 0. The molecular weight excluding hydrogens is 322 g/mol. The summed E-state index contributed by atoms with van der Waals surface area (Å²) in [4.78, 5) is 5.05. The van der Waals surface area contributed by atoms with Crippen molar-refractivity contribution >= 4 is 0 Å². The van der Waals surface area contributed by atoms with Crippen LogP contribution >= 0.6 is 0 Å². The van der Waals surface area contributed by atoms with Crippen molar-refractivity contribution in [2.75, 3.05) is 33.2 Å². The summed E-state index contributed by atoms with van der Waals surface area (Å²) in [5.74, 6) is 0.769. The average Bonchev–Trinajstić information content (AvgIpc) is 3.16. The van der Waals surface area contributed by atoms with E-state index < -0.39 is 0 Å². The van der Waals surface area contributed by atoms with Gasteiger partial charge in [0, 0.05) is 39.3 Å². The number of benzene rings is 1. The van der Waals surface area contributed by atoms with E-state index in [1.807, 2.05) is 0 Å². The fourth-order valence-electron chi connectivity index (χ4n) is 4.33. The Morgan fingerprint density at radius 2 is 2.12 bits per heavy atom. The topological polar surface area (TPSA) is 36.3 Å². The Labute approximate surface area is 157 Å². The highest BCUT2D eigenvalue weighted by atomic mass is 15.3. The second-order valence-electron chi connectivity index (χ2n) is 7.95. The lowest BCUT2D eigenvalue weighted by molar-refractivity contribution is 0.252. The lowest BCUT2D eigenvalue weighted by Crippen LogP contribution is -2.28. The molecule has 5 nitrogen and oxygen atoms in total. The number of aromatic nitrogens is 2. The van der Waals surface area contributed by atoms with Gasteiger partial charge in [0.25, 0.3) is 0 Å². The Hall–Kier alpha value is -1.69. The second kappa shape index (κ2) is 8.33. The van der Waals surface area contributed by atoms with Gasteiger partial charge in [-0.2, -0.15) is 5.10 Å². The van der Waals surface area contributed by atoms with Crippen LogP contribution in [0.5, 0.6) is 0 Å². The van der Waals surface area contributed by atoms with Crippen LogP contribution in [0.4, 0.5) is 0 Å². The van der Waals surface area contributed by atoms with E-state index in [0.717, 1.165) is 45.2 Å². The van der Waals surface area contributed by atoms with E-state index in [2.05, 4.69) is 63.2 Å². The van der Waals surface area contributed by atoms with Gasteiger partial charge in [-0.25, -0.2) is 0 Å². The van der Waals surface area contributed by atoms with Gasteiger partial charge in [-0.05, 0) is 50.5 Å². The molecule has 5 heteroatoms. The van der Waals surface area contributed by atoms with Crippen LogP contribution in [0.25, 0.3) is 0 Å². The Kier molecular flexibility index (Phi) is 5.68.